The van der Waals surface area contributed by atoms with Crippen LogP contribution in [0.4, 0.5) is 0 Å². The molecule has 0 spiro atoms. The minimum atomic E-state index is -1.02. The monoisotopic (exact) mass is 322 g/mol. The highest BCUT2D eigenvalue weighted by molar-refractivity contribution is 7.99. The molecule has 0 fully saturated rings. The zero-order chi connectivity index (χ0) is 15.4. The van der Waals surface area contributed by atoms with Gasteiger partial charge in [-0.1, -0.05) is 35.5 Å². The van der Waals surface area contributed by atoms with E-state index < -0.39 is 11.9 Å². The van der Waals surface area contributed by atoms with Gasteiger partial charge in [-0.25, -0.2) is 4.79 Å². The van der Waals surface area contributed by atoms with Crippen LogP contribution in [0.15, 0.2) is 52.3 Å². The number of aromatic carboxylic acids is 1. The fourth-order valence-electron chi connectivity index (χ4n) is 1.69. The van der Waals surface area contributed by atoms with Gasteiger partial charge in [-0.15, -0.1) is 0 Å². The molecule has 2 rings (SSSR count). The van der Waals surface area contributed by atoms with Crippen LogP contribution in [0.1, 0.15) is 15.9 Å². The maximum atomic E-state index is 10.8. The summed E-state index contributed by atoms with van der Waals surface area (Å²) in [6, 6.07) is 11.7. The Morgan fingerprint density at radius 2 is 1.71 bits per heavy atom. The van der Waals surface area contributed by atoms with Gasteiger partial charge in [0.15, 0.2) is 0 Å². The first-order valence-corrected chi connectivity index (χ1v) is 7.16. The molecule has 2 N–H and O–H groups in total. The minimum absolute atomic E-state index is 0.0149. The number of hydrogen-bond acceptors (Lipinski definition) is 3. The molecule has 4 nitrogen and oxygen atoms in total. The Morgan fingerprint density at radius 1 is 1.05 bits per heavy atom. The fraction of sp³-hybridized carbons (Fsp3) is 0.0667. The van der Waals surface area contributed by atoms with Gasteiger partial charge in [0.1, 0.15) is 0 Å². The smallest absolute Gasteiger partial charge is 0.335 e. The van der Waals surface area contributed by atoms with E-state index in [2.05, 4.69) is 0 Å². The first-order chi connectivity index (χ1) is 9.95. The molecule has 0 unspecified atom stereocenters. The third kappa shape index (κ3) is 4.24. The SMILES string of the molecule is O=C(O)Cc1ccc(Sc2ccc(C(=O)O)cc2Cl)cc1. The van der Waals surface area contributed by atoms with Crippen molar-refractivity contribution in [2.24, 2.45) is 0 Å². The van der Waals surface area contributed by atoms with Gasteiger partial charge < -0.3 is 10.2 Å². The van der Waals surface area contributed by atoms with Crippen molar-refractivity contribution < 1.29 is 19.8 Å². The molecule has 0 aliphatic carbocycles. The molecular weight excluding hydrogens is 312 g/mol. The Bertz CT molecular complexity index is 683. The van der Waals surface area contributed by atoms with Crippen molar-refractivity contribution in [2.45, 2.75) is 16.2 Å². The summed E-state index contributed by atoms with van der Waals surface area (Å²) in [5, 5.41) is 18.0. The van der Waals surface area contributed by atoms with Crippen molar-refractivity contribution in [3.8, 4) is 0 Å². The van der Waals surface area contributed by atoms with Crippen LogP contribution in [0.2, 0.25) is 5.02 Å². The molecule has 0 aliphatic rings. The maximum Gasteiger partial charge on any atom is 0.335 e. The third-order valence-electron chi connectivity index (χ3n) is 2.69. The van der Waals surface area contributed by atoms with E-state index in [0.29, 0.717) is 5.02 Å². The second kappa shape index (κ2) is 6.65. The van der Waals surface area contributed by atoms with Gasteiger partial charge in [-0.3, -0.25) is 4.79 Å². The molecule has 108 valence electrons. The summed E-state index contributed by atoms with van der Waals surface area (Å²) in [6.45, 7) is 0. The summed E-state index contributed by atoms with van der Waals surface area (Å²) in [7, 11) is 0. The fourth-order valence-corrected chi connectivity index (χ4v) is 2.81. The second-order valence-corrected chi connectivity index (χ2v) is 5.79. The molecule has 21 heavy (non-hydrogen) atoms. The molecular formula is C15H11ClO4S. The highest BCUT2D eigenvalue weighted by Crippen LogP contribution is 2.33. The van der Waals surface area contributed by atoms with E-state index in [1.807, 2.05) is 12.1 Å². The highest BCUT2D eigenvalue weighted by atomic mass is 35.5. The average molecular weight is 323 g/mol. The van der Waals surface area contributed by atoms with E-state index in [1.54, 1.807) is 18.2 Å². The zero-order valence-electron chi connectivity index (χ0n) is 10.7. The maximum absolute atomic E-state index is 10.8. The molecule has 0 aliphatic heterocycles. The third-order valence-corrected chi connectivity index (χ3v) is 4.19. The van der Waals surface area contributed by atoms with Gasteiger partial charge in [0.2, 0.25) is 0 Å². The van der Waals surface area contributed by atoms with Crippen molar-refractivity contribution in [3.63, 3.8) is 0 Å². The largest absolute Gasteiger partial charge is 0.481 e. The molecule has 2 aromatic carbocycles. The van der Waals surface area contributed by atoms with Gasteiger partial charge >= 0.3 is 11.9 Å². The predicted molar refractivity (Wildman–Crippen MR) is 80.3 cm³/mol. The number of carboxylic acids is 2. The molecule has 0 saturated heterocycles. The topological polar surface area (TPSA) is 74.6 Å². The van der Waals surface area contributed by atoms with Crippen molar-refractivity contribution in [3.05, 3.63) is 58.6 Å². The molecule has 0 heterocycles. The van der Waals surface area contributed by atoms with Gasteiger partial charge in [-0.05, 0) is 35.9 Å². The number of aliphatic carboxylic acids is 1. The number of hydrogen-bond donors (Lipinski definition) is 2. The van der Waals surface area contributed by atoms with Crippen molar-refractivity contribution in [2.75, 3.05) is 0 Å². The van der Waals surface area contributed by atoms with Crippen LogP contribution in [-0.4, -0.2) is 22.2 Å². The molecule has 0 aromatic heterocycles. The van der Waals surface area contributed by atoms with Crippen LogP contribution in [0.3, 0.4) is 0 Å². The normalized spacial score (nSPS) is 10.3. The Balaban J connectivity index is 2.14. The number of halogens is 1. The van der Waals surface area contributed by atoms with Crippen molar-refractivity contribution in [1.29, 1.82) is 0 Å². The summed E-state index contributed by atoms with van der Waals surface area (Å²) >= 11 is 7.45. The van der Waals surface area contributed by atoms with Crippen LogP contribution in [0, 0.1) is 0 Å². The quantitative estimate of drug-likeness (QED) is 0.875. The molecule has 2 aromatic rings. The summed E-state index contributed by atoms with van der Waals surface area (Å²) in [5.74, 6) is -1.89. The lowest BCUT2D eigenvalue weighted by molar-refractivity contribution is -0.136. The van der Waals surface area contributed by atoms with Gasteiger partial charge in [0.05, 0.1) is 17.0 Å². The van der Waals surface area contributed by atoms with Crippen LogP contribution >= 0.6 is 23.4 Å². The summed E-state index contributed by atoms with van der Waals surface area (Å²) < 4.78 is 0. The lowest BCUT2D eigenvalue weighted by Crippen LogP contribution is -1.99. The Hall–Kier alpha value is -1.98. The molecule has 0 saturated carbocycles. The summed E-state index contributed by atoms with van der Waals surface area (Å²) in [6.07, 6.45) is -0.0149. The summed E-state index contributed by atoms with van der Waals surface area (Å²) in [5.41, 5.74) is 0.861. The van der Waals surface area contributed by atoms with E-state index in [0.717, 1.165) is 15.4 Å². The number of rotatable bonds is 5. The van der Waals surface area contributed by atoms with E-state index >= 15 is 0 Å². The molecule has 0 amide bonds. The number of carbonyl (C=O) groups is 2. The zero-order valence-corrected chi connectivity index (χ0v) is 12.3. The van der Waals surface area contributed by atoms with Crippen molar-refractivity contribution in [1.82, 2.24) is 0 Å². The van der Waals surface area contributed by atoms with Gasteiger partial charge in [0.25, 0.3) is 0 Å². The average Bonchev–Trinajstić information content (AvgIpc) is 2.42. The lowest BCUT2D eigenvalue weighted by atomic mass is 10.2. The lowest BCUT2D eigenvalue weighted by Gasteiger charge is -2.06. The standard InChI is InChI=1S/C15H11ClO4S/c16-12-8-10(15(19)20)3-6-13(12)21-11-4-1-9(2-5-11)7-14(17)18/h1-6,8H,7H2,(H,17,18)(H,19,20). The number of benzene rings is 2. The van der Waals surface area contributed by atoms with Crippen LogP contribution < -0.4 is 0 Å². The molecule has 0 bridgehead atoms. The van der Waals surface area contributed by atoms with Crippen LogP contribution in [0.25, 0.3) is 0 Å². The number of carboxylic acid groups (broad SMARTS) is 2. The Kier molecular flexibility index (Phi) is 4.88. The van der Waals surface area contributed by atoms with Crippen LogP contribution in [0.5, 0.6) is 0 Å². The van der Waals surface area contributed by atoms with E-state index in [9.17, 15) is 9.59 Å². The van der Waals surface area contributed by atoms with Gasteiger partial charge in [-0.2, -0.15) is 0 Å². The first kappa shape index (κ1) is 15.4. The van der Waals surface area contributed by atoms with E-state index in [-0.39, 0.29) is 12.0 Å². The summed E-state index contributed by atoms with van der Waals surface area (Å²) in [4.78, 5) is 23.1. The van der Waals surface area contributed by atoms with Crippen molar-refractivity contribution >= 4 is 35.3 Å². The predicted octanol–water partition coefficient (Wildman–Crippen LogP) is 3.82. The first-order valence-electron chi connectivity index (χ1n) is 5.97. The Morgan fingerprint density at radius 3 is 2.24 bits per heavy atom. The molecule has 0 radical (unpaired) electrons. The second-order valence-electron chi connectivity index (χ2n) is 4.27. The molecule has 0 atom stereocenters. The molecule has 6 heteroatoms. The van der Waals surface area contributed by atoms with Crippen LogP contribution in [-0.2, 0) is 11.2 Å². The van der Waals surface area contributed by atoms with Gasteiger partial charge in [0, 0.05) is 9.79 Å². The highest BCUT2D eigenvalue weighted by Gasteiger charge is 2.08. The Labute approximate surface area is 130 Å². The minimum Gasteiger partial charge on any atom is -0.481 e. The van der Waals surface area contributed by atoms with E-state index in [4.69, 9.17) is 21.8 Å². The van der Waals surface area contributed by atoms with E-state index in [1.165, 1.54) is 23.9 Å².